The van der Waals surface area contributed by atoms with Gasteiger partial charge in [0.15, 0.2) is 6.23 Å². The van der Waals surface area contributed by atoms with Crippen molar-refractivity contribution in [2.75, 3.05) is 13.7 Å². The van der Waals surface area contributed by atoms with Gasteiger partial charge in [-0.1, -0.05) is 18.2 Å². The van der Waals surface area contributed by atoms with E-state index in [-0.39, 0.29) is 6.61 Å². The molecule has 0 radical (unpaired) electrons. The number of ether oxygens (including phenoxy) is 3. The van der Waals surface area contributed by atoms with Crippen LogP contribution in [0.4, 0.5) is 0 Å². The third kappa shape index (κ3) is 3.76. The van der Waals surface area contributed by atoms with Crippen LogP contribution in [0.2, 0.25) is 0 Å². The van der Waals surface area contributed by atoms with Crippen molar-refractivity contribution >= 4 is 5.97 Å². The van der Waals surface area contributed by atoms with E-state index in [1.54, 1.807) is 31.2 Å². The summed E-state index contributed by atoms with van der Waals surface area (Å²) in [5, 5.41) is 0. The van der Waals surface area contributed by atoms with Crippen molar-refractivity contribution < 1.29 is 19.0 Å². The lowest BCUT2D eigenvalue weighted by Gasteiger charge is -2.19. The summed E-state index contributed by atoms with van der Waals surface area (Å²) in [5.41, 5.74) is -0.166. The highest BCUT2D eigenvalue weighted by molar-refractivity contribution is 5.89. The molecule has 1 aliphatic heterocycles. The smallest absolute Gasteiger partial charge is 0.338 e. The van der Waals surface area contributed by atoms with E-state index in [2.05, 4.69) is 4.98 Å². The van der Waals surface area contributed by atoms with Crippen molar-refractivity contribution in [3.63, 3.8) is 0 Å². The highest BCUT2D eigenvalue weighted by Crippen LogP contribution is 2.30. The van der Waals surface area contributed by atoms with Crippen molar-refractivity contribution in [1.82, 2.24) is 9.55 Å². The van der Waals surface area contributed by atoms with Gasteiger partial charge in [-0.2, -0.15) is 0 Å². The number of aryl methyl sites for hydroxylation is 1. The van der Waals surface area contributed by atoms with E-state index in [0.29, 0.717) is 17.5 Å². The van der Waals surface area contributed by atoms with Crippen LogP contribution in [0, 0.1) is 6.92 Å². The van der Waals surface area contributed by atoms with Gasteiger partial charge in [0.05, 0.1) is 11.7 Å². The van der Waals surface area contributed by atoms with Gasteiger partial charge < -0.3 is 14.2 Å². The molecule has 0 amide bonds. The monoisotopic (exact) mass is 360 g/mol. The van der Waals surface area contributed by atoms with E-state index in [9.17, 15) is 14.4 Å². The maximum atomic E-state index is 12.1. The second-order valence-electron chi connectivity index (χ2n) is 6.10. The van der Waals surface area contributed by atoms with Gasteiger partial charge in [0.2, 0.25) is 0 Å². The first-order valence-corrected chi connectivity index (χ1v) is 8.22. The van der Waals surface area contributed by atoms with Crippen molar-refractivity contribution in [3.05, 3.63) is 68.5 Å². The SMILES string of the molecule is COC1CC(COC(=O)c2ccccc2)O[C@H]1n1cc(C)c(=O)[nH]c1=O. The Morgan fingerprint density at radius 1 is 1.31 bits per heavy atom. The Bertz CT molecular complexity index is 889. The summed E-state index contributed by atoms with van der Waals surface area (Å²) < 4.78 is 17.9. The molecule has 1 fully saturated rings. The Balaban J connectivity index is 1.70. The lowest BCUT2D eigenvalue weighted by molar-refractivity contribution is -0.0655. The Morgan fingerprint density at radius 2 is 2.04 bits per heavy atom. The van der Waals surface area contributed by atoms with Crippen LogP contribution < -0.4 is 11.2 Å². The molecule has 8 nitrogen and oxygen atoms in total. The predicted molar refractivity (Wildman–Crippen MR) is 92.1 cm³/mol. The first kappa shape index (κ1) is 18.1. The quantitative estimate of drug-likeness (QED) is 0.799. The molecule has 0 bridgehead atoms. The molecule has 2 unspecified atom stereocenters. The highest BCUT2D eigenvalue weighted by atomic mass is 16.6. The third-order valence-corrected chi connectivity index (χ3v) is 4.28. The standard InChI is InChI=1S/C18H20N2O6/c1-11-9-20(18(23)19-15(11)21)16-14(24-2)8-13(26-16)10-25-17(22)12-6-4-3-5-7-12/h3-7,9,13-14,16H,8,10H2,1-2H3,(H,19,21,23)/t13?,14?,16-/m1/s1. The molecule has 1 saturated heterocycles. The number of nitrogens with one attached hydrogen (secondary N) is 1. The fraction of sp³-hybridized carbons (Fsp3) is 0.389. The molecule has 1 N–H and O–H groups in total. The zero-order chi connectivity index (χ0) is 18.7. The number of nitrogens with zero attached hydrogens (tertiary/aromatic N) is 1. The average Bonchev–Trinajstić information content (AvgIpc) is 3.06. The Hall–Kier alpha value is -2.71. The number of esters is 1. The topological polar surface area (TPSA) is 99.6 Å². The Morgan fingerprint density at radius 3 is 2.73 bits per heavy atom. The highest BCUT2D eigenvalue weighted by Gasteiger charge is 2.38. The van der Waals surface area contributed by atoms with E-state index >= 15 is 0 Å². The van der Waals surface area contributed by atoms with E-state index in [4.69, 9.17) is 14.2 Å². The van der Waals surface area contributed by atoms with Gasteiger partial charge in [0.25, 0.3) is 5.56 Å². The van der Waals surface area contributed by atoms with Crippen LogP contribution >= 0.6 is 0 Å². The van der Waals surface area contributed by atoms with Crippen molar-refractivity contribution in [3.8, 4) is 0 Å². The number of carbonyl (C=O) groups excluding carboxylic acids is 1. The normalized spacial score (nSPS) is 22.3. The molecule has 3 atom stereocenters. The molecule has 26 heavy (non-hydrogen) atoms. The lowest BCUT2D eigenvalue weighted by atomic mass is 10.2. The number of carbonyl (C=O) groups is 1. The molecular formula is C18H20N2O6. The summed E-state index contributed by atoms with van der Waals surface area (Å²) in [6.45, 7) is 1.64. The summed E-state index contributed by atoms with van der Waals surface area (Å²) in [6.07, 6.45) is 0.364. The van der Waals surface area contributed by atoms with Crippen molar-refractivity contribution in [2.24, 2.45) is 0 Å². The van der Waals surface area contributed by atoms with Crippen LogP contribution in [0.1, 0.15) is 28.6 Å². The van der Waals surface area contributed by atoms with Gasteiger partial charge in [-0.25, -0.2) is 9.59 Å². The number of aromatic amines is 1. The molecule has 2 aromatic rings. The zero-order valence-electron chi connectivity index (χ0n) is 14.5. The molecule has 0 spiro atoms. The van der Waals surface area contributed by atoms with Crippen LogP contribution in [-0.2, 0) is 14.2 Å². The molecule has 8 heteroatoms. The molecule has 3 rings (SSSR count). The van der Waals surface area contributed by atoms with Gasteiger partial charge >= 0.3 is 11.7 Å². The van der Waals surface area contributed by atoms with Gasteiger partial charge in [-0.05, 0) is 19.1 Å². The molecule has 2 heterocycles. The number of hydrogen-bond donors (Lipinski definition) is 1. The van der Waals surface area contributed by atoms with Gasteiger partial charge in [0, 0.05) is 25.3 Å². The van der Waals surface area contributed by atoms with E-state index in [1.165, 1.54) is 17.9 Å². The van der Waals surface area contributed by atoms with Crippen LogP contribution in [0.3, 0.4) is 0 Å². The number of hydrogen-bond acceptors (Lipinski definition) is 6. The summed E-state index contributed by atoms with van der Waals surface area (Å²) in [7, 11) is 1.52. The molecule has 138 valence electrons. The summed E-state index contributed by atoms with van der Waals surface area (Å²) in [6, 6.07) is 8.66. The average molecular weight is 360 g/mol. The van der Waals surface area contributed by atoms with E-state index < -0.39 is 35.7 Å². The number of aromatic nitrogens is 2. The van der Waals surface area contributed by atoms with Crippen LogP contribution in [0.5, 0.6) is 0 Å². The number of H-pyrrole nitrogens is 1. The number of benzene rings is 1. The van der Waals surface area contributed by atoms with Crippen LogP contribution in [0.15, 0.2) is 46.1 Å². The fourth-order valence-corrected chi connectivity index (χ4v) is 2.88. The lowest BCUT2D eigenvalue weighted by Crippen LogP contribution is -2.36. The van der Waals surface area contributed by atoms with Gasteiger partial charge in [-0.3, -0.25) is 14.3 Å². The van der Waals surface area contributed by atoms with Gasteiger partial charge in [0.1, 0.15) is 12.7 Å². The zero-order valence-corrected chi connectivity index (χ0v) is 14.5. The first-order valence-electron chi connectivity index (χ1n) is 8.22. The minimum Gasteiger partial charge on any atom is -0.459 e. The molecule has 0 aliphatic carbocycles. The van der Waals surface area contributed by atoms with E-state index in [0.717, 1.165) is 0 Å². The summed E-state index contributed by atoms with van der Waals surface area (Å²) in [4.78, 5) is 37.9. The van der Waals surface area contributed by atoms with Crippen molar-refractivity contribution in [2.45, 2.75) is 31.8 Å². The second kappa shape index (κ2) is 7.67. The molecule has 1 aromatic heterocycles. The second-order valence-corrected chi connectivity index (χ2v) is 6.10. The molecule has 1 aromatic carbocycles. The molecule has 1 aliphatic rings. The third-order valence-electron chi connectivity index (χ3n) is 4.28. The minimum atomic E-state index is -0.705. The first-order chi connectivity index (χ1) is 12.5. The summed E-state index contributed by atoms with van der Waals surface area (Å²) >= 11 is 0. The Labute approximate surface area is 149 Å². The van der Waals surface area contributed by atoms with Gasteiger partial charge in [-0.15, -0.1) is 0 Å². The number of rotatable bonds is 5. The van der Waals surface area contributed by atoms with E-state index in [1.807, 2.05) is 6.07 Å². The van der Waals surface area contributed by atoms with Crippen molar-refractivity contribution in [1.29, 1.82) is 0 Å². The van der Waals surface area contributed by atoms with Crippen LogP contribution in [0.25, 0.3) is 0 Å². The number of methoxy groups -OCH3 is 1. The fourth-order valence-electron chi connectivity index (χ4n) is 2.88. The molecule has 0 saturated carbocycles. The maximum absolute atomic E-state index is 12.1. The Kier molecular flexibility index (Phi) is 5.34. The van der Waals surface area contributed by atoms with Crippen LogP contribution in [-0.4, -0.2) is 41.4 Å². The summed E-state index contributed by atoms with van der Waals surface area (Å²) in [5.74, 6) is -0.441. The molecular weight excluding hydrogens is 340 g/mol. The largest absolute Gasteiger partial charge is 0.459 e. The maximum Gasteiger partial charge on any atom is 0.338 e. The predicted octanol–water partition coefficient (Wildman–Crippen LogP) is 1.00. The minimum absolute atomic E-state index is 0.0428.